The molecule has 0 heterocycles. The summed E-state index contributed by atoms with van der Waals surface area (Å²) >= 11 is 0. The summed E-state index contributed by atoms with van der Waals surface area (Å²) in [4.78, 5) is 10.9. The number of rotatable bonds is 9. The van der Waals surface area contributed by atoms with E-state index in [9.17, 15) is 9.90 Å². The fourth-order valence-corrected chi connectivity index (χ4v) is 2.70. The first kappa shape index (κ1) is 19.1. The second kappa shape index (κ2) is 9.93. The van der Waals surface area contributed by atoms with E-state index in [4.69, 9.17) is 9.94 Å². The Morgan fingerprint density at radius 2 is 1.64 bits per heavy atom. The molecule has 0 aliphatic rings. The Kier molecular flexibility index (Phi) is 7.60. The molecule has 0 radical (unpaired) electrons. The minimum Gasteiger partial charge on any atom is -0.388 e. The number of hydroxylamine groups is 1. The van der Waals surface area contributed by atoms with E-state index in [1.165, 1.54) is 0 Å². The van der Waals surface area contributed by atoms with Gasteiger partial charge in [-0.05, 0) is 35.1 Å². The predicted octanol–water partition coefficient (Wildman–Crippen LogP) is 3.60. The van der Waals surface area contributed by atoms with E-state index in [2.05, 4.69) is 12.1 Å². The van der Waals surface area contributed by atoms with Crippen LogP contribution in [0.15, 0.2) is 48.5 Å². The van der Waals surface area contributed by atoms with Crippen LogP contribution in [0.3, 0.4) is 0 Å². The molecule has 0 bridgehead atoms. The fraction of sp³-hybridized carbons (Fsp3) is 0.350. The third-order valence-corrected chi connectivity index (χ3v) is 4.15. The maximum absolute atomic E-state index is 10.9. The number of unbranched alkanes of at least 4 members (excludes halogenated alkanes) is 1. The number of benzene rings is 2. The Bertz CT molecular complexity index is 652. The topological polar surface area (TPSA) is 78.8 Å². The molecule has 134 valence electrons. The predicted molar refractivity (Wildman–Crippen MR) is 95.9 cm³/mol. The van der Waals surface area contributed by atoms with Crippen molar-refractivity contribution in [3.05, 3.63) is 59.7 Å². The molecule has 0 saturated carbocycles. The van der Waals surface area contributed by atoms with Gasteiger partial charge in [0.1, 0.15) is 0 Å². The van der Waals surface area contributed by atoms with Crippen LogP contribution in [0.2, 0.25) is 0 Å². The molecule has 0 spiro atoms. The molecule has 3 N–H and O–H groups in total. The van der Waals surface area contributed by atoms with Gasteiger partial charge in [-0.15, -0.1) is 0 Å². The molecule has 25 heavy (non-hydrogen) atoms. The molecular weight excluding hydrogens is 318 g/mol. The molecule has 2 aromatic rings. The van der Waals surface area contributed by atoms with Crippen LogP contribution in [0, 0.1) is 0 Å². The van der Waals surface area contributed by atoms with Gasteiger partial charge in [-0.25, -0.2) is 5.48 Å². The molecule has 5 nitrogen and oxygen atoms in total. The standard InChI is InChI=1S/C20H25NO4/c1-25-14-15-6-8-16(9-7-15)17-10-12-18(13-11-17)19(22)4-2-3-5-20(23)21-24/h6-13,19,22,24H,2-5,14H2,1H3,(H,21,23). The van der Waals surface area contributed by atoms with Gasteiger partial charge in [0.25, 0.3) is 0 Å². The molecule has 1 atom stereocenters. The first-order valence-corrected chi connectivity index (χ1v) is 8.43. The van der Waals surface area contributed by atoms with Crippen molar-refractivity contribution in [3.63, 3.8) is 0 Å². The zero-order chi connectivity index (χ0) is 18.1. The van der Waals surface area contributed by atoms with Crippen LogP contribution in [-0.4, -0.2) is 23.3 Å². The summed E-state index contributed by atoms with van der Waals surface area (Å²) < 4.78 is 5.11. The second-order valence-electron chi connectivity index (χ2n) is 6.05. The van der Waals surface area contributed by atoms with E-state index < -0.39 is 12.0 Å². The number of aliphatic hydroxyl groups excluding tert-OH is 1. The molecule has 0 aliphatic heterocycles. The number of aliphatic hydroxyl groups is 1. The van der Waals surface area contributed by atoms with Gasteiger partial charge in [0.2, 0.25) is 5.91 Å². The Morgan fingerprint density at radius 3 is 2.20 bits per heavy atom. The molecule has 2 rings (SSSR count). The number of carbonyl (C=O) groups is 1. The first-order chi connectivity index (χ1) is 12.1. The molecule has 0 fully saturated rings. The van der Waals surface area contributed by atoms with Crippen LogP contribution < -0.4 is 5.48 Å². The zero-order valence-electron chi connectivity index (χ0n) is 14.4. The van der Waals surface area contributed by atoms with Gasteiger partial charge >= 0.3 is 0 Å². The Morgan fingerprint density at radius 1 is 1.04 bits per heavy atom. The molecule has 1 unspecified atom stereocenters. The quantitative estimate of drug-likeness (QED) is 0.369. The lowest BCUT2D eigenvalue weighted by Crippen LogP contribution is -2.17. The largest absolute Gasteiger partial charge is 0.388 e. The minimum atomic E-state index is -0.546. The summed E-state index contributed by atoms with van der Waals surface area (Å²) in [6, 6.07) is 16.1. The summed E-state index contributed by atoms with van der Waals surface area (Å²) in [5, 5.41) is 18.7. The molecular formula is C20H25NO4. The number of amides is 1. The summed E-state index contributed by atoms with van der Waals surface area (Å²) in [6.07, 6.45) is 1.66. The van der Waals surface area contributed by atoms with Gasteiger partial charge in [-0.2, -0.15) is 0 Å². The maximum Gasteiger partial charge on any atom is 0.243 e. The SMILES string of the molecule is COCc1ccc(-c2ccc(C(O)CCCCC(=O)NO)cc2)cc1. The van der Waals surface area contributed by atoms with E-state index >= 15 is 0 Å². The van der Waals surface area contributed by atoms with Gasteiger partial charge in [-0.3, -0.25) is 10.0 Å². The highest BCUT2D eigenvalue weighted by Crippen LogP contribution is 2.25. The van der Waals surface area contributed by atoms with Gasteiger partial charge in [0.05, 0.1) is 12.7 Å². The highest BCUT2D eigenvalue weighted by Gasteiger charge is 2.08. The fourth-order valence-electron chi connectivity index (χ4n) is 2.70. The number of methoxy groups -OCH3 is 1. The average molecular weight is 343 g/mol. The highest BCUT2D eigenvalue weighted by molar-refractivity contribution is 5.74. The smallest absolute Gasteiger partial charge is 0.243 e. The number of carbonyl (C=O) groups excluding carboxylic acids is 1. The number of hydrogen-bond donors (Lipinski definition) is 3. The van der Waals surface area contributed by atoms with Crippen LogP contribution in [-0.2, 0) is 16.1 Å². The molecule has 5 heteroatoms. The first-order valence-electron chi connectivity index (χ1n) is 8.43. The lowest BCUT2D eigenvalue weighted by Gasteiger charge is -2.12. The van der Waals surface area contributed by atoms with Crippen molar-refractivity contribution in [2.75, 3.05) is 7.11 Å². The molecule has 1 amide bonds. The van der Waals surface area contributed by atoms with Crippen LogP contribution >= 0.6 is 0 Å². The second-order valence-corrected chi connectivity index (χ2v) is 6.05. The maximum atomic E-state index is 10.9. The van der Waals surface area contributed by atoms with Crippen LogP contribution in [0.4, 0.5) is 0 Å². The zero-order valence-corrected chi connectivity index (χ0v) is 14.4. The Hall–Kier alpha value is -2.21. The minimum absolute atomic E-state index is 0.265. The monoisotopic (exact) mass is 343 g/mol. The summed E-state index contributed by atoms with van der Waals surface area (Å²) in [7, 11) is 1.68. The van der Waals surface area contributed by atoms with E-state index in [0.717, 1.165) is 28.7 Å². The molecule has 2 aromatic carbocycles. The van der Waals surface area contributed by atoms with E-state index in [1.54, 1.807) is 12.6 Å². The molecule has 0 saturated heterocycles. The van der Waals surface area contributed by atoms with Crippen LogP contribution in [0.5, 0.6) is 0 Å². The van der Waals surface area contributed by atoms with Crippen LogP contribution in [0.1, 0.15) is 42.9 Å². The Balaban J connectivity index is 1.89. The van der Waals surface area contributed by atoms with Gasteiger partial charge in [0.15, 0.2) is 0 Å². The van der Waals surface area contributed by atoms with Crippen molar-refractivity contribution in [1.29, 1.82) is 0 Å². The van der Waals surface area contributed by atoms with Crippen molar-refractivity contribution < 1.29 is 19.8 Å². The number of hydrogen-bond acceptors (Lipinski definition) is 4. The van der Waals surface area contributed by atoms with Crippen molar-refractivity contribution in [2.24, 2.45) is 0 Å². The van der Waals surface area contributed by atoms with Crippen LogP contribution in [0.25, 0.3) is 11.1 Å². The molecule has 0 aromatic heterocycles. The van der Waals surface area contributed by atoms with Gasteiger partial charge in [0, 0.05) is 13.5 Å². The normalized spacial score (nSPS) is 12.0. The van der Waals surface area contributed by atoms with Crippen molar-refractivity contribution >= 4 is 5.91 Å². The van der Waals surface area contributed by atoms with Crippen molar-refractivity contribution in [1.82, 2.24) is 5.48 Å². The van der Waals surface area contributed by atoms with E-state index in [-0.39, 0.29) is 6.42 Å². The Labute approximate surface area is 148 Å². The van der Waals surface area contributed by atoms with Crippen molar-refractivity contribution in [3.8, 4) is 11.1 Å². The summed E-state index contributed by atoms with van der Waals surface area (Å²) in [5.41, 5.74) is 5.83. The molecule has 0 aliphatic carbocycles. The van der Waals surface area contributed by atoms with Gasteiger partial charge in [-0.1, -0.05) is 55.0 Å². The van der Waals surface area contributed by atoms with E-state index in [1.807, 2.05) is 36.4 Å². The highest BCUT2D eigenvalue weighted by atomic mass is 16.5. The average Bonchev–Trinajstić information content (AvgIpc) is 2.66. The van der Waals surface area contributed by atoms with Crippen molar-refractivity contribution in [2.45, 2.75) is 38.4 Å². The summed E-state index contributed by atoms with van der Waals surface area (Å²) in [6.45, 7) is 0.603. The lowest BCUT2D eigenvalue weighted by atomic mass is 9.98. The van der Waals surface area contributed by atoms with E-state index in [0.29, 0.717) is 19.4 Å². The number of ether oxygens (including phenoxy) is 1. The number of nitrogens with one attached hydrogen (secondary N) is 1. The third-order valence-electron chi connectivity index (χ3n) is 4.15. The summed E-state index contributed by atoms with van der Waals surface area (Å²) in [5.74, 6) is -0.393. The third kappa shape index (κ3) is 5.98. The van der Waals surface area contributed by atoms with Gasteiger partial charge < -0.3 is 9.84 Å². The lowest BCUT2D eigenvalue weighted by molar-refractivity contribution is -0.129.